The lowest BCUT2D eigenvalue weighted by Crippen LogP contribution is -2.26. The molecule has 1 aromatic heterocycles. The summed E-state index contributed by atoms with van der Waals surface area (Å²) in [6, 6.07) is 5.82. The zero-order chi connectivity index (χ0) is 14.9. The van der Waals surface area contributed by atoms with Crippen LogP contribution in [0.5, 0.6) is 11.5 Å². The first-order chi connectivity index (χ1) is 10.8. The first-order valence-corrected chi connectivity index (χ1v) is 7.94. The molecule has 114 valence electrons. The van der Waals surface area contributed by atoms with E-state index in [2.05, 4.69) is 4.98 Å². The first-order valence-electron chi connectivity index (χ1n) is 7.06. The molecule has 4 rings (SSSR count). The Morgan fingerprint density at radius 1 is 1.23 bits per heavy atom. The number of nitrogens with zero attached hydrogens (tertiary/aromatic N) is 2. The van der Waals surface area contributed by atoms with Crippen LogP contribution in [0.15, 0.2) is 23.6 Å². The quantitative estimate of drug-likeness (QED) is 0.867. The number of benzene rings is 1. The number of ether oxygens (including phenoxy) is 3. The Hall–Kier alpha value is -2.28. The van der Waals surface area contributed by atoms with Gasteiger partial charge in [-0.3, -0.25) is 0 Å². The lowest BCUT2D eigenvalue weighted by atomic mass is 10.1. The van der Waals surface area contributed by atoms with Crippen molar-refractivity contribution < 1.29 is 19.0 Å². The first kappa shape index (κ1) is 13.4. The van der Waals surface area contributed by atoms with Crippen molar-refractivity contribution in [3.05, 3.63) is 28.6 Å². The summed E-state index contributed by atoms with van der Waals surface area (Å²) >= 11 is 1.60. The van der Waals surface area contributed by atoms with Crippen molar-refractivity contribution >= 4 is 17.4 Å². The van der Waals surface area contributed by atoms with E-state index in [0.29, 0.717) is 19.7 Å². The number of amides is 1. The zero-order valence-electron chi connectivity index (χ0n) is 11.8. The van der Waals surface area contributed by atoms with E-state index in [4.69, 9.17) is 14.2 Å². The maximum Gasteiger partial charge on any atom is 0.409 e. The third-order valence-corrected chi connectivity index (χ3v) is 4.57. The molecule has 22 heavy (non-hydrogen) atoms. The number of aromatic nitrogens is 1. The molecular formula is C15H14N2O4S. The van der Waals surface area contributed by atoms with E-state index in [0.717, 1.165) is 34.2 Å². The number of hydrogen-bond acceptors (Lipinski definition) is 6. The van der Waals surface area contributed by atoms with Crippen LogP contribution < -0.4 is 9.47 Å². The monoisotopic (exact) mass is 318 g/mol. The molecule has 1 saturated heterocycles. The van der Waals surface area contributed by atoms with Crippen molar-refractivity contribution in [3.8, 4) is 22.8 Å². The van der Waals surface area contributed by atoms with Crippen LogP contribution >= 0.6 is 11.3 Å². The Labute approximate surface area is 131 Å². The molecule has 3 heterocycles. The minimum atomic E-state index is -0.229. The fourth-order valence-electron chi connectivity index (χ4n) is 2.47. The van der Waals surface area contributed by atoms with Crippen LogP contribution in [0.4, 0.5) is 4.79 Å². The number of thiazole rings is 1. The lowest BCUT2D eigenvalue weighted by Gasteiger charge is -2.10. The molecule has 0 radical (unpaired) electrons. The van der Waals surface area contributed by atoms with Crippen molar-refractivity contribution in [2.45, 2.75) is 6.42 Å². The highest BCUT2D eigenvalue weighted by molar-refractivity contribution is 7.09. The van der Waals surface area contributed by atoms with Crippen LogP contribution in [-0.4, -0.2) is 42.5 Å². The Bertz CT molecular complexity index is 715. The summed E-state index contributed by atoms with van der Waals surface area (Å²) in [5.41, 5.74) is 1.93. The third-order valence-electron chi connectivity index (χ3n) is 3.66. The molecule has 0 atom stereocenters. The van der Waals surface area contributed by atoms with Crippen molar-refractivity contribution in [2.24, 2.45) is 0 Å². The lowest BCUT2D eigenvalue weighted by molar-refractivity contribution is 0.158. The van der Waals surface area contributed by atoms with E-state index in [1.807, 2.05) is 23.6 Å². The van der Waals surface area contributed by atoms with Gasteiger partial charge in [0, 0.05) is 23.9 Å². The number of cyclic esters (lactones) is 1. The van der Waals surface area contributed by atoms with E-state index >= 15 is 0 Å². The van der Waals surface area contributed by atoms with Gasteiger partial charge in [-0.15, -0.1) is 11.3 Å². The van der Waals surface area contributed by atoms with Gasteiger partial charge in [-0.05, 0) is 18.2 Å². The molecule has 2 aromatic rings. The van der Waals surface area contributed by atoms with Crippen molar-refractivity contribution in [3.63, 3.8) is 0 Å². The van der Waals surface area contributed by atoms with Gasteiger partial charge >= 0.3 is 6.09 Å². The number of rotatable bonds is 4. The van der Waals surface area contributed by atoms with Crippen LogP contribution in [0.1, 0.15) is 5.01 Å². The number of fused-ring (bicyclic) bond motifs is 1. The fourth-order valence-corrected chi connectivity index (χ4v) is 3.27. The van der Waals surface area contributed by atoms with E-state index in [-0.39, 0.29) is 12.9 Å². The average Bonchev–Trinajstić information content (AvgIpc) is 3.25. The van der Waals surface area contributed by atoms with Gasteiger partial charge in [0.1, 0.15) is 6.61 Å². The Morgan fingerprint density at radius 2 is 2.14 bits per heavy atom. The molecule has 6 nitrogen and oxygen atoms in total. The van der Waals surface area contributed by atoms with Crippen LogP contribution in [0.25, 0.3) is 11.3 Å². The average molecular weight is 318 g/mol. The molecule has 2 aliphatic heterocycles. The van der Waals surface area contributed by atoms with Crippen molar-refractivity contribution in [1.82, 2.24) is 9.88 Å². The summed E-state index contributed by atoms with van der Waals surface area (Å²) < 4.78 is 15.6. The van der Waals surface area contributed by atoms with Gasteiger partial charge in [-0.25, -0.2) is 9.78 Å². The number of hydrogen-bond donors (Lipinski definition) is 0. The number of carbonyl (C=O) groups excluding carboxylic acids is 1. The summed E-state index contributed by atoms with van der Waals surface area (Å²) in [4.78, 5) is 17.7. The second kappa shape index (κ2) is 5.49. The predicted molar refractivity (Wildman–Crippen MR) is 80.3 cm³/mol. The summed E-state index contributed by atoms with van der Waals surface area (Å²) in [6.45, 7) is 2.07. The zero-order valence-corrected chi connectivity index (χ0v) is 12.6. The molecule has 0 N–H and O–H groups in total. The normalized spacial score (nSPS) is 16.2. The van der Waals surface area contributed by atoms with Gasteiger partial charge in [0.15, 0.2) is 11.5 Å². The van der Waals surface area contributed by atoms with Crippen LogP contribution in [0, 0.1) is 0 Å². The Morgan fingerprint density at radius 3 is 3.00 bits per heavy atom. The third kappa shape index (κ3) is 2.48. The second-order valence-electron chi connectivity index (χ2n) is 5.05. The molecule has 0 saturated carbocycles. The highest BCUT2D eigenvalue weighted by Gasteiger charge is 2.21. The van der Waals surface area contributed by atoms with E-state index in [1.165, 1.54) is 0 Å². The van der Waals surface area contributed by atoms with Crippen LogP contribution in [-0.2, 0) is 11.2 Å². The second-order valence-corrected chi connectivity index (χ2v) is 5.99. The molecule has 0 bridgehead atoms. The van der Waals surface area contributed by atoms with Gasteiger partial charge in [-0.2, -0.15) is 0 Å². The molecular weight excluding hydrogens is 304 g/mol. The summed E-state index contributed by atoms with van der Waals surface area (Å²) in [5, 5.41) is 3.03. The predicted octanol–water partition coefficient (Wildman–Crippen LogP) is 2.53. The molecule has 1 aromatic carbocycles. The van der Waals surface area contributed by atoms with Gasteiger partial charge in [0.05, 0.1) is 17.2 Å². The smallest absolute Gasteiger partial charge is 0.409 e. The van der Waals surface area contributed by atoms with Gasteiger partial charge in [0.25, 0.3) is 0 Å². The van der Waals surface area contributed by atoms with E-state index in [1.54, 1.807) is 16.2 Å². The van der Waals surface area contributed by atoms with E-state index < -0.39 is 0 Å². The highest BCUT2D eigenvalue weighted by Crippen LogP contribution is 2.36. The SMILES string of the molecule is O=C1OCCN1CCc1nc(-c2ccc3c(c2)OCO3)cs1. The van der Waals surface area contributed by atoms with Gasteiger partial charge in [-0.1, -0.05) is 0 Å². The maximum absolute atomic E-state index is 11.4. The van der Waals surface area contributed by atoms with Crippen molar-refractivity contribution in [2.75, 3.05) is 26.5 Å². The minimum absolute atomic E-state index is 0.229. The van der Waals surface area contributed by atoms with Gasteiger partial charge in [0.2, 0.25) is 6.79 Å². The van der Waals surface area contributed by atoms with E-state index in [9.17, 15) is 4.79 Å². The highest BCUT2D eigenvalue weighted by atomic mass is 32.1. The molecule has 7 heteroatoms. The largest absolute Gasteiger partial charge is 0.454 e. The maximum atomic E-state index is 11.4. The summed E-state index contributed by atoms with van der Waals surface area (Å²) in [6.07, 6.45) is 0.511. The topological polar surface area (TPSA) is 60.9 Å². The van der Waals surface area contributed by atoms with Crippen LogP contribution in [0.2, 0.25) is 0 Å². The Kier molecular flexibility index (Phi) is 3.34. The molecule has 2 aliphatic rings. The standard InChI is InChI=1S/C15H14N2O4S/c18-15-17(5-6-19-15)4-3-14-16-11(8-22-14)10-1-2-12-13(7-10)21-9-20-12/h1-2,7-8H,3-6,9H2. The van der Waals surface area contributed by atoms with Crippen molar-refractivity contribution in [1.29, 1.82) is 0 Å². The molecule has 0 aliphatic carbocycles. The minimum Gasteiger partial charge on any atom is -0.454 e. The number of carbonyl (C=O) groups is 1. The summed E-state index contributed by atoms with van der Waals surface area (Å²) in [7, 11) is 0. The molecule has 0 spiro atoms. The molecule has 1 fully saturated rings. The Balaban J connectivity index is 1.46. The van der Waals surface area contributed by atoms with Gasteiger partial charge < -0.3 is 19.1 Å². The summed E-state index contributed by atoms with van der Waals surface area (Å²) in [5.74, 6) is 1.53. The molecule has 1 amide bonds. The fraction of sp³-hybridized carbons (Fsp3) is 0.333. The van der Waals surface area contributed by atoms with Crippen LogP contribution in [0.3, 0.4) is 0 Å². The molecule has 0 unspecified atom stereocenters.